The summed E-state index contributed by atoms with van der Waals surface area (Å²) in [5, 5.41) is 2.92. The van der Waals surface area contributed by atoms with Crippen LogP contribution in [-0.4, -0.2) is 38.7 Å². The van der Waals surface area contributed by atoms with Crippen molar-refractivity contribution in [2.45, 2.75) is 58.9 Å². The molecule has 0 bridgehead atoms. The van der Waals surface area contributed by atoms with Crippen LogP contribution in [0, 0.1) is 5.41 Å². The molecule has 0 spiro atoms. The molecule has 2 aliphatic carbocycles. The molecule has 0 heterocycles. The van der Waals surface area contributed by atoms with Crippen molar-refractivity contribution in [1.29, 1.82) is 0 Å². The number of sulfonamides is 1. The number of nitrogens with one attached hydrogen (secondary N) is 2. The number of amides is 2. The van der Waals surface area contributed by atoms with Gasteiger partial charge >= 0.3 is 6.03 Å². The summed E-state index contributed by atoms with van der Waals surface area (Å²) in [7, 11) is -1.81. The monoisotopic (exact) mass is 469 g/mol. The van der Waals surface area contributed by atoms with Gasteiger partial charge in [-0.2, -0.15) is 0 Å². The van der Waals surface area contributed by atoms with Crippen LogP contribution in [-0.2, 0) is 42.3 Å². The quantitative estimate of drug-likeness (QED) is 0.605. The molecule has 2 N–H and O–H groups in total. The topological polar surface area (TPSA) is 78.5 Å². The zero-order valence-corrected chi connectivity index (χ0v) is 20.7. The molecule has 0 unspecified atom stereocenters. The number of hydrogen-bond donors (Lipinski definition) is 2. The molecule has 0 radical (unpaired) electrons. The summed E-state index contributed by atoms with van der Waals surface area (Å²) in [6.07, 6.45) is 6.09. The van der Waals surface area contributed by atoms with E-state index in [4.69, 9.17) is 0 Å². The van der Waals surface area contributed by atoms with Crippen molar-refractivity contribution in [3.8, 4) is 0 Å². The maximum absolute atomic E-state index is 12.9. The fraction of sp³-hybridized carbons (Fsp3) is 0.500. The smallest absolute Gasteiger partial charge is 0.307 e. The van der Waals surface area contributed by atoms with Gasteiger partial charge in [0.1, 0.15) is 0 Å². The van der Waals surface area contributed by atoms with Gasteiger partial charge in [0, 0.05) is 18.8 Å². The number of carbonyl (C=O) groups excluding carboxylic acids is 1. The van der Waals surface area contributed by atoms with Crippen LogP contribution in [0.3, 0.4) is 0 Å². The molecule has 2 aromatic carbocycles. The molecule has 6 nitrogen and oxygen atoms in total. The minimum atomic E-state index is -3.79. The summed E-state index contributed by atoms with van der Waals surface area (Å²) in [6.45, 7) is 5.16. The number of hydrogen-bond acceptors (Lipinski definition) is 4. The summed E-state index contributed by atoms with van der Waals surface area (Å²) in [6, 6.07) is 11.7. The number of aryl methyl sites for hydroxylation is 2. The Morgan fingerprint density at radius 2 is 1.61 bits per heavy atom. The van der Waals surface area contributed by atoms with Gasteiger partial charge in [-0.1, -0.05) is 50.2 Å². The SMILES string of the molecule is CN(Cc1ccccc1)CC(C)(C)CS(=O)(=O)NC(=O)Nc1c2c(cc3c1CCC3)CCC2. The number of benzene rings is 2. The van der Waals surface area contributed by atoms with E-state index in [2.05, 4.69) is 33.1 Å². The highest BCUT2D eigenvalue weighted by Gasteiger charge is 2.30. The second-order valence-electron chi connectivity index (χ2n) is 10.4. The van der Waals surface area contributed by atoms with Crippen LogP contribution >= 0.6 is 0 Å². The Kier molecular flexibility index (Phi) is 6.82. The van der Waals surface area contributed by atoms with E-state index in [0.29, 0.717) is 6.54 Å². The van der Waals surface area contributed by atoms with Crippen molar-refractivity contribution in [2.24, 2.45) is 5.41 Å². The average molecular weight is 470 g/mol. The molecule has 0 aromatic heterocycles. The van der Waals surface area contributed by atoms with E-state index in [1.54, 1.807) is 0 Å². The van der Waals surface area contributed by atoms with Crippen LogP contribution in [0.2, 0.25) is 0 Å². The lowest BCUT2D eigenvalue weighted by atomic mass is 9.95. The normalized spacial score (nSPS) is 15.4. The highest BCUT2D eigenvalue weighted by atomic mass is 32.2. The maximum atomic E-state index is 12.9. The van der Waals surface area contributed by atoms with Crippen molar-refractivity contribution in [3.63, 3.8) is 0 Å². The molecule has 2 aromatic rings. The zero-order valence-electron chi connectivity index (χ0n) is 19.9. The molecule has 0 fully saturated rings. The van der Waals surface area contributed by atoms with Gasteiger partial charge < -0.3 is 10.2 Å². The molecule has 33 heavy (non-hydrogen) atoms. The molecule has 7 heteroatoms. The fourth-order valence-electron chi connectivity index (χ4n) is 5.53. The third-order valence-corrected chi connectivity index (χ3v) is 8.19. The van der Waals surface area contributed by atoms with Gasteiger partial charge in [-0.25, -0.2) is 17.9 Å². The Morgan fingerprint density at radius 1 is 1.00 bits per heavy atom. The summed E-state index contributed by atoms with van der Waals surface area (Å²) < 4.78 is 28.0. The molecule has 0 saturated carbocycles. The number of urea groups is 1. The number of rotatable bonds is 8. The minimum Gasteiger partial charge on any atom is -0.307 e. The molecule has 0 saturated heterocycles. The summed E-state index contributed by atoms with van der Waals surface area (Å²) in [5.41, 5.74) is 6.49. The molecule has 2 aliphatic rings. The molecule has 0 atom stereocenters. The first-order valence-corrected chi connectivity index (χ1v) is 13.5. The minimum absolute atomic E-state index is 0.127. The number of anilines is 1. The second-order valence-corrected chi connectivity index (χ2v) is 12.1. The Labute approximate surface area is 197 Å². The van der Waals surface area contributed by atoms with E-state index in [-0.39, 0.29) is 5.75 Å². The van der Waals surface area contributed by atoms with Crippen molar-refractivity contribution < 1.29 is 13.2 Å². The van der Waals surface area contributed by atoms with Crippen molar-refractivity contribution >= 4 is 21.7 Å². The van der Waals surface area contributed by atoms with E-state index < -0.39 is 21.5 Å². The lowest BCUT2D eigenvalue weighted by Crippen LogP contribution is -2.43. The van der Waals surface area contributed by atoms with Gasteiger partial charge in [-0.3, -0.25) is 0 Å². The Balaban J connectivity index is 1.38. The van der Waals surface area contributed by atoms with Crippen molar-refractivity contribution in [3.05, 3.63) is 64.2 Å². The Morgan fingerprint density at radius 3 is 2.21 bits per heavy atom. The summed E-state index contributed by atoms with van der Waals surface area (Å²) in [4.78, 5) is 14.9. The Hall–Kier alpha value is -2.38. The third-order valence-electron chi connectivity index (χ3n) is 6.53. The van der Waals surface area contributed by atoms with Crippen LogP contribution in [0.1, 0.15) is 54.5 Å². The highest BCUT2D eigenvalue weighted by molar-refractivity contribution is 7.90. The summed E-state index contributed by atoms with van der Waals surface area (Å²) >= 11 is 0. The Bertz CT molecular complexity index is 1090. The third kappa shape index (κ3) is 5.95. The van der Waals surface area contributed by atoms with Gasteiger partial charge in [0.25, 0.3) is 0 Å². The van der Waals surface area contributed by atoms with Crippen LogP contribution in [0.5, 0.6) is 0 Å². The zero-order chi connectivity index (χ0) is 23.6. The van der Waals surface area contributed by atoms with Crippen molar-refractivity contribution in [2.75, 3.05) is 24.7 Å². The molecule has 2 amide bonds. The van der Waals surface area contributed by atoms with Gasteiger partial charge in [-0.05, 0) is 78.8 Å². The average Bonchev–Trinajstić information content (AvgIpc) is 3.35. The van der Waals surface area contributed by atoms with E-state index in [0.717, 1.165) is 50.8 Å². The van der Waals surface area contributed by atoms with E-state index in [9.17, 15) is 13.2 Å². The van der Waals surface area contributed by atoms with Crippen molar-refractivity contribution in [1.82, 2.24) is 9.62 Å². The molecular formula is C26H35N3O3S. The first kappa shape index (κ1) is 23.8. The van der Waals surface area contributed by atoms with E-state index in [1.807, 2.05) is 39.1 Å². The second kappa shape index (κ2) is 9.47. The first-order valence-electron chi connectivity index (χ1n) is 11.8. The number of fused-ring (bicyclic) bond motifs is 2. The van der Waals surface area contributed by atoms with Crippen LogP contribution in [0.15, 0.2) is 36.4 Å². The van der Waals surface area contributed by atoms with Gasteiger partial charge in [-0.15, -0.1) is 0 Å². The molecular weight excluding hydrogens is 434 g/mol. The largest absolute Gasteiger partial charge is 0.332 e. The molecule has 4 rings (SSSR count). The summed E-state index contributed by atoms with van der Waals surface area (Å²) in [5.74, 6) is -0.127. The predicted octanol–water partition coefficient (Wildman–Crippen LogP) is 4.27. The van der Waals surface area contributed by atoms with Gasteiger partial charge in [0.15, 0.2) is 0 Å². The first-order chi connectivity index (χ1) is 15.6. The van der Waals surface area contributed by atoms with E-state index in [1.165, 1.54) is 27.8 Å². The number of nitrogens with zero attached hydrogens (tertiary/aromatic N) is 1. The standard InChI is InChI=1S/C26H35N3O3S/c1-26(2,17-29(3)16-19-9-5-4-6-10-19)18-33(31,32)28-25(30)27-24-22-13-7-11-20(22)15-21-12-8-14-23(21)24/h4-6,9-10,15H,7-8,11-14,16-18H2,1-3H3,(H2,27,28,30). The molecule has 0 aliphatic heterocycles. The van der Waals surface area contributed by atoms with Gasteiger partial charge in [0.05, 0.1) is 5.75 Å². The molecule has 178 valence electrons. The highest BCUT2D eigenvalue weighted by Crippen LogP contribution is 2.38. The lowest BCUT2D eigenvalue weighted by Gasteiger charge is -2.30. The van der Waals surface area contributed by atoms with Crippen LogP contribution in [0.4, 0.5) is 10.5 Å². The maximum Gasteiger partial charge on any atom is 0.332 e. The van der Waals surface area contributed by atoms with Crippen LogP contribution in [0.25, 0.3) is 0 Å². The van der Waals surface area contributed by atoms with E-state index >= 15 is 0 Å². The van der Waals surface area contributed by atoms with Gasteiger partial charge in [0.2, 0.25) is 10.0 Å². The van der Waals surface area contributed by atoms with Crippen LogP contribution < -0.4 is 10.0 Å². The number of carbonyl (C=O) groups is 1. The predicted molar refractivity (Wildman–Crippen MR) is 133 cm³/mol. The lowest BCUT2D eigenvalue weighted by molar-refractivity contribution is 0.222. The fourth-order valence-corrected chi connectivity index (χ4v) is 7.05.